The minimum atomic E-state index is -0.139. The summed E-state index contributed by atoms with van der Waals surface area (Å²) in [5.41, 5.74) is 5.63. The van der Waals surface area contributed by atoms with Crippen LogP contribution in [-0.2, 0) is 4.74 Å². The zero-order valence-electron chi connectivity index (χ0n) is 24.6. The SMILES string of the molecule is CN(C)c1ccc(/C=C/C2=CC(=C(C#N)C(=C(C#N)C#N)c3ccccc3)C=C(/C=C/c3ccc(N(C)C)cc3)O2)cc1. The molecule has 1 aliphatic heterocycles. The summed E-state index contributed by atoms with van der Waals surface area (Å²) in [6.07, 6.45) is 11.1. The van der Waals surface area contributed by atoms with E-state index >= 15 is 0 Å². The highest BCUT2D eigenvalue weighted by Gasteiger charge is 2.20. The van der Waals surface area contributed by atoms with E-state index in [0.717, 1.165) is 22.5 Å². The normalized spacial score (nSPS) is 12.3. The number of rotatable bonds is 8. The maximum atomic E-state index is 10.4. The largest absolute Gasteiger partial charge is 0.457 e. The molecule has 0 aliphatic carbocycles. The highest BCUT2D eigenvalue weighted by molar-refractivity contribution is 5.91. The van der Waals surface area contributed by atoms with Crippen molar-refractivity contribution in [1.82, 2.24) is 0 Å². The Labute approximate surface area is 253 Å². The summed E-state index contributed by atoms with van der Waals surface area (Å²) in [5, 5.41) is 29.9. The summed E-state index contributed by atoms with van der Waals surface area (Å²) in [4.78, 5) is 4.07. The van der Waals surface area contributed by atoms with Gasteiger partial charge in [-0.1, -0.05) is 66.7 Å². The van der Waals surface area contributed by atoms with E-state index in [-0.39, 0.29) is 16.7 Å². The first-order chi connectivity index (χ1) is 20.8. The minimum Gasteiger partial charge on any atom is -0.457 e. The van der Waals surface area contributed by atoms with Crippen LogP contribution in [-0.4, -0.2) is 28.2 Å². The van der Waals surface area contributed by atoms with E-state index in [4.69, 9.17) is 4.74 Å². The van der Waals surface area contributed by atoms with Gasteiger partial charge in [0.05, 0.1) is 5.57 Å². The monoisotopic (exact) mass is 561 g/mol. The lowest BCUT2D eigenvalue weighted by Crippen LogP contribution is -2.07. The van der Waals surface area contributed by atoms with Gasteiger partial charge >= 0.3 is 0 Å². The molecule has 0 N–H and O–H groups in total. The van der Waals surface area contributed by atoms with Gasteiger partial charge in [-0.15, -0.1) is 0 Å². The molecule has 0 bridgehead atoms. The average molecular weight is 562 g/mol. The van der Waals surface area contributed by atoms with Crippen molar-refractivity contribution in [3.05, 3.63) is 148 Å². The van der Waals surface area contributed by atoms with Gasteiger partial charge in [-0.2, -0.15) is 15.8 Å². The lowest BCUT2D eigenvalue weighted by atomic mass is 9.90. The van der Waals surface area contributed by atoms with Gasteiger partial charge in [0, 0.05) is 50.7 Å². The predicted octanol–water partition coefficient (Wildman–Crippen LogP) is 7.66. The molecule has 6 heteroatoms. The van der Waals surface area contributed by atoms with Crippen molar-refractivity contribution >= 4 is 29.1 Å². The van der Waals surface area contributed by atoms with Crippen LogP contribution in [0.3, 0.4) is 0 Å². The van der Waals surface area contributed by atoms with Crippen molar-refractivity contribution in [3.63, 3.8) is 0 Å². The molecule has 0 saturated heterocycles. The lowest BCUT2D eigenvalue weighted by molar-refractivity contribution is 0.332. The maximum absolute atomic E-state index is 10.4. The second-order valence-electron chi connectivity index (χ2n) is 10.1. The van der Waals surface area contributed by atoms with Crippen LogP contribution >= 0.6 is 0 Å². The highest BCUT2D eigenvalue weighted by Crippen LogP contribution is 2.33. The predicted molar refractivity (Wildman–Crippen MR) is 174 cm³/mol. The Hall–Kier alpha value is -6.03. The molecule has 3 aromatic rings. The Kier molecular flexibility index (Phi) is 9.78. The summed E-state index contributed by atoms with van der Waals surface area (Å²) >= 11 is 0. The third-order valence-electron chi connectivity index (χ3n) is 6.72. The van der Waals surface area contributed by atoms with E-state index in [1.165, 1.54) is 0 Å². The molecule has 0 radical (unpaired) electrons. The van der Waals surface area contributed by atoms with Crippen LogP contribution in [0.2, 0.25) is 0 Å². The molecule has 0 atom stereocenters. The first-order valence-corrected chi connectivity index (χ1v) is 13.6. The molecule has 0 spiro atoms. The molecule has 3 aromatic carbocycles. The molecule has 0 aromatic heterocycles. The summed E-state index contributed by atoms with van der Waals surface area (Å²) < 4.78 is 6.22. The first-order valence-electron chi connectivity index (χ1n) is 13.6. The summed E-state index contributed by atoms with van der Waals surface area (Å²) in [7, 11) is 7.97. The molecule has 43 heavy (non-hydrogen) atoms. The Balaban J connectivity index is 1.82. The van der Waals surface area contributed by atoms with Gasteiger partial charge in [0.2, 0.25) is 0 Å². The minimum absolute atomic E-state index is 0.139. The maximum Gasteiger partial charge on any atom is 0.138 e. The number of hydrogen-bond acceptors (Lipinski definition) is 6. The standard InChI is InChI=1S/C37H31N5O/c1-41(2)32-16-10-27(11-17-32)14-20-34-22-30(23-35(43-34)21-15-28-12-18-33(19-13-28)42(3)4)36(26-40)37(31(24-38)25-39)29-8-6-5-7-9-29/h5-23H,1-4H3/b20-14+,21-15+. The molecule has 6 nitrogen and oxygen atoms in total. The van der Waals surface area contributed by atoms with Crippen LogP contribution in [0, 0.1) is 34.0 Å². The van der Waals surface area contributed by atoms with Crippen molar-refractivity contribution < 1.29 is 4.74 Å². The number of benzene rings is 3. The van der Waals surface area contributed by atoms with Crippen LogP contribution < -0.4 is 9.80 Å². The number of nitriles is 3. The number of nitrogens with zero attached hydrogens (tertiary/aromatic N) is 5. The van der Waals surface area contributed by atoms with Crippen molar-refractivity contribution in [2.24, 2.45) is 0 Å². The zero-order chi connectivity index (χ0) is 30.8. The number of anilines is 2. The molecule has 4 rings (SSSR count). The van der Waals surface area contributed by atoms with E-state index in [9.17, 15) is 15.8 Å². The average Bonchev–Trinajstić information content (AvgIpc) is 3.03. The van der Waals surface area contributed by atoms with Gasteiger partial charge in [0.1, 0.15) is 35.3 Å². The third kappa shape index (κ3) is 7.59. The van der Waals surface area contributed by atoms with E-state index < -0.39 is 0 Å². The lowest BCUT2D eigenvalue weighted by Gasteiger charge is -2.17. The highest BCUT2D eigenvalue weighted by atomic mass is 16.5. The second kappa shape index (κ2) is 14.0. The molecule has 0 amide bonds. The van der Waals surface area contributed by atoms with Crippen molar-refractivity contribution in [1.29, 1.82) is 15.8 Å². The van der Waals surface area contributed by atoms with Crippen LogP contribution in [0.15, 0.2) is 131 Å². The molecular formula is C37H31N5O. The molecule has 210 valence electrons. The molecule has 0 fully saturated rings. The van der Waals surface area contributed by atoms with E-state index in [0.29, 0.717) is 22.7 Å². The fourth-order valence-corrected chi connectivity index (χ4v) is 4.40. The second-order valence-corrected chi connectivity index (χ2v) is 10.1. The smallest absolute Gasteiger partial charge is 0.138 e. The van der Waals surface area contributed by atoms with E-state index in [2.05, 4.69) is 6.07 Å². The van der Waals surface area contributed by atoms with E-state index in [1.807, 2.05) is 141 Å². The molecular weight excluding hydrogens is 530 g/mol. The van der Waals surface area contributed by atoms with Gasteiger partial charge in [-0.05, 0) is 65.3 Å². The van der Waals surface area contributed by atoms with Gasteiger partial charge in [-0.25, -0.2) is 0 Å². The Morgan fingerprint density at radius 3 is 1.47 bits per heavy atom. The number of allylic oxidation sites excluding steroid dienone is 8. The summed E-state index contributed by atoms with van der Waals surface area (Å²) in [5.74, 6) is 1.01. The van der Waals surface area contributed by atoms with Crippen molar-refractivity contribution in [3.8, 4) is 18.2 Å². The quantitative estimate of drug-likeness (QED) is 0.262. The van der Waals surface area contributed by atoms with Gasteiger partial charge in [0.25, 0.3) is 0 Å². The number of ether oxygens (including phenoxy) is 1. The summed E-state index contributed by atoms with van der Waals surface area (Å²) in [6.45, 7) is 0. The van der Waals surface area contributed by atoms with Crippen LogP contribution in [0.4, 0.5) is 11.4 Å². The number of hydrogen-bond donors (Lipinski definition) is 0. The third-order valence-corrected chi connectivity index (χ3v) is 6.72. The Morgan fingerprint density at radius 1 is 0.605 bits per heavy atom. The zero-order valence-corrected chi connectivity index (χ0v) is 24.6. The Morgan fingerprint density at radius 2 is 1.07 bits per heavy atom. The first kappa shape index (κ1) is 29.9. The van der Waals surface area contributed by atoms with Gasteiger partial charge < -0.3 is 14.5 Å². The Bertz CT molecular complexity index is 1680. The molecule has 1 aliphatic rings. The van der Waals surface area contributed by atoms with E-state index in [1.54, 1.807) is 24.3 Å². The summed E-state index contributed by atoms with van der Waals surface area (Å²) in [6, 6.07) is 31.4. The fraction of sp³-hybridized carbons (Fsp3) is 0.108. The van der Waals surface area contributed by atoms with Crippen LogP contribution in [0.25, 0.3) is 17.7 Å². The van der Waals surface area contributed by atoms with Crippen LogP contribution in [0.1, 0.15) is 16.7 Å². The van der Waals surface area contributed by atoms with Gasteiger partial charge in [0.15, 0.2) is 0 Å². The topological polar surface area (TPSA) is 87.1 Å². The molecule has 0 saturated carbocycles. The molecule has 0 unspecified atom stereocenters. The van der Waals surface area contributed by atoms with Crippen LogP contribution in [0.5, 0.6) is 0 Å². The molecule has 1 heterocycles. The van der Waals surface area contributed by atoms with Crippen molar-refractivity contribution in [2.75, 3.05) is 38.0 Å². The van der Waals surface area contributed by atoms with Crippen molar-refractivity contribution in [2.45, 2.75) is 0 Å². The fourth-order valence-electron chi connectivity index (χ4n) is 4.40. The van der Waals surface area contributed by atoms with Gasteiger partial charge in [-0.3, -0.25) is 0 Å².